The maximum absolute atomic E-state index is 12.3. The van der Waals surface area contributed by atoms with Gasteiger partial charge in [0.25, 0.3) is 5.91 Å². The van der Waals surface area contributed by atoms with Crippen LogP contribution in [0.2, 0.25) is 5.02 Å². The number of esters is 1. The summed E-state index contributed by atoms with van der Waals surface area (Å²) >= 11 is 5.81. The molecule has 2 heterocycles. The fourth-order valence-corrected chi connectivity index (χ4v) is 2.84. The molecule has 0 N–H and O–H groups in total. The highest BCUT2D eigenvalue weighted by Crippen LogP contribution is 2.17. The summed E-state index contributed by atoms with van der Waals surface area (Å²) in [6.07, 6.45) is 2.54. The van der Waals surface area contributed by atoms with Crippen LogP contribution in [0.5, 0.6) is 5.75 Å². The first kappa shape index (κ1) is 19.9. The molecule has 148 valence electrons. The van der Waals surface area contributed by atoms with Gasteiger partial charge in [0.05, 0.1) is 0 Å². The van der Waals surface area contributed by atoms with Crippen molar-refractivity contribution in [3.63, 3.8) is 0 Å². The molecule has 0 aliphatic carbocycles. The predicted molar refractivity (Wildman–Crippen MR) is 103 cm³/mol. The molecule has 1 fully saturated rings. The van der Waals surface area contributed by atoms with Gasteiger partial charge in [0.1, 0.15) is 5.75 Å². The highest BCUT2D eigenvalue weighted by atomic mass is 35.5. The highest BCUT2D eigenvalue weighted by Gasteiger charge is 2.24. The van der Waals surface area contributed by atoms with Crippen molar-refractivity contribution in [1.82, 2.24) is 14.9 Å². The van der Waals surface area contributed by atoms with Crippen LogP contribution < -0.4 is 9.64 Å². The fourth-order valence-electron chi connectivity index (χ4n) is 2.72. The molecular weight excluding hydrogens is 384 g/mol. The van der Waals surface area contributed by atoms with Crippen molar-refractivity contribution in [2.75, 3.05) is 37.7 Å². The van der Waals surface area contributed by atoms with E-state index in [4.69, 9.17) is 21.1 Å². The minimum atomic E-state index is -0.832. The Kier molecular flexibility index (Phi) is 6.65. The SMILES string of the molecule is C[C@H](Oc1ccc(Cl)cc1)C(=O)OCC(=O)N1CCN(c2ncccn2)CC1. The zero-order valence-electron chi connectivity index (χ0n) is 15.5. The summed E-state index contributed by atoms with van der Waals surface area (Å²) in [5, 5.41) is 0.576. The molecule has 1 aliphatic rings. The number of hydrogen-bond donors (Lipinski definition) is 0. The van der Waals surface area contributed by atoms with Crippen molar-refractivity contribution >= 4 is 29.4 Å². The molecule has 0 bridgehead atoms. The van der Waals surface area contributed by atoms with Gasteiger partial charge in [-0.05, 0) is 37.3 Å². The lowest BCUT2D eigenvalue weighted by atomic mass is 10.3. The van der Waals surface area contributed by atoms with E-state index in [1.165, 1.54) is 0 Å². The van der Waals surface area contributed by atoms with E-state index in [2.05, 4.69) is 9.97 Å². The molecule has 1 aromatic carbocycles. The zero-order valence-corrected chi connectivity index (χ0v) is 16.2. The van der Waals surface area contributed by atoms with Gasteiger partial charge in [-0.25, -0.2) is 14.8 Å². The third kappa shape index (κ3) is 5.32. The number of carbonyl (C=O) groups is 2. The highest BCUT2D eigenvalue weighted by molar-refractivity contribution is 6.30. The maximum Gasteiger partial charge on any atom is 0.347 e. The Balaban J connectivity index is 1.41. The normalized spacial score (nSPS) is 15.1. The molecule has 0 saturated carbocycles. The first-order valence-electron chi connectivity index (χ1n) is 8.91. The van der Waals surface area contributed by atoms with Gasteiger partial charge in [0.2, 0.25) is 5.95 Å². The molecule has 0 spiro atoms. The van der Waals surface area contributed by atoms with Crippen molar-refractivity contribution < 1.29 is 19.1 Å². The molecule has 1 aliphatic heterocycles. The molecule has 28 heavy (non-hydrogen) atoms. The zero-order chi connectivity index (χ0) is 19.9. The number of amides is 1. The van der Waals surface area contributed by atoms with E-state index in [0.29, 0.717) is 42.9 Å². The average Bonchev–Trinajstić information content (AvgIpc) is 2.74. The largest absolute Gasteiger partial charge is 0.479 e. The maximum atomic E-state index is 12.3. The molecule has 0 unspecified atom stereocenters. The summed E-state index contributed by atoms with van der Waals surface area (Å²) in [6.45, 7) is 3.55. The van der Waals surface area contributed by atoms with Crippen LogP contribution in [0.4, 0.5) is 5.95 Å². The van der Waals surface area contributed by atoms with E-state index in [-0.39, 0.29) is 12.5 Å². The number of piperazine rings is 1. The number of nitrogens with zero attached hydrogens (tertiary/aromatic N) is 4. The van der Waals surface area contributed by atoms with Crippen molar-refractivity contribution in [2.45, 2.75) is 13.0 Å². The van der Waals surface area contributed by atoms with E-state index in [1.807, 2.05) is 4.90 Å². The summed E-state index contributed by atoms with van der Waals surface area (Å²) in [7, 11) is 0. The summed E-state index contributed by atoms with van der Waals surface area (Å²) < 4.78 is 10.6. The monoisotopic (exact) mass is 404 g/mol. The average molecular weight is 405 g/mol. The number of aromatic nitrogens is 2. The Morgan fingerprint density at radius 3 is 2.39 bits per heavy atom. The summed E-state index contributed by atoms with van der Waals surface area (Å²) in [5.41, 5.74) is 0. The van der Waals surface area contributed by atoms with Crippen LogP contribution >= 0.6 is 11.6 Å². The van der Waals surface area contributed by atoms with E-state index in [0.717, 1.165) is 0 Å². The number of ether oxygens (including phenoxy) is 2. The fraction of sp³-hybridized carbons (Fsp3) is 0.368. The van der Waals surface area contributed by atoms with Crippen LogP contribution in [0.3, 0.4) is 0 Å². The first-order valence-corrected chi connectivity index (χ1v) is 9.29. The van der Waals surface area contributed by atoms with E-state index >= 15 is 0 Å². The number of carbonyl (C=O) groups excluding carboxylic acids is 2. The standard InChI is InChI=1S/C19H21ClN4O4/c1-14(28-16-5-3-15(20)4-6-16)18(26)27-13-17(25)23-9-11-24(12-10-23)19-21-7-2-8-22-19/h2-8,14H,9-13H2,1H3/t14-/m0/s1. The molecule has 1 aromatic heterocycles. The van der Waals surface area contributed by atoms with Gasteiger partial charge in [-0.1, -0.05) is 11.6 Å². The third-order valence-electron chi connectivity index (χ3n) is 4.26. The van der Waals surface area contributed by atoms with Crippen LogP contribution in [0, 0.1) is 0 Å². The quantitative estimate of drug-likeness (QED) is 0.678. The molecule has 9 heteroatoms. The van der Waals surface area contributed by atoms with Crippen LogP contribution in [-0.2, 0) is 14.3 Å². The topological polar surface area (TPSA) is 84.9 Å². The predicted octanol–water partition coefficient (Wildman–Crippen LogP) is 1.79. The van der Waals surface area contributed by atoms with Gasteiger partial charge < -0.3 is 19.3 Å². The summed E-state index contributed by atoms with van der Waals surface area (Å²) in [6, 6.07) is 8.41. The minimum absolute atomic E-state index is 0.235. The Labute approximate surface area is 168 Å². The second kappa shape index (κ2) is 9.36. The van der Waals surface area contributed by atoms with Gasteiger partial charge in [0, 0.05) is 43.6 Å². The number of rotatable bonds is 6. The van der Waals surface area contributed by atoms with Gasteiger partial charge in [-0.15, -0.1) is 0 Å². The Morgan fingerprint density at radius 2 is 1.75 bits per heavy atom. The lowest BCUT2D eigenvalue weighted by Crippen LogP contribution is -2.50. The van der Waals surface area contributed by atoms with Crippen LogP contribution in [-0.4, -0.2) is 65.6 Å². The van der Waals surface area contributed by atoms with Crippen LogP contribution in [0.1, 0.15) is 6.92 Å². The third-order valence-corrected chi connectivity index (χ3v) is 4.52. The molecule has 3 rings (SSSR count). The smallest absolute Gasteiger partial charge is 0.347 e. The van der Waals surface area contributed by atoms with Gasteiger partial charge in [-0.2, -0.15) is 0 Å². The van der Waals surface area contributed by atoms with E-state index in [1.54, 1.807) is 54.5 Å². The molecule has 8 nitrogen and oxygen atoms in total. The van der Waals surface area contributed by atoms with E-state index < -0.39 is 12.1 Å². The van der Waals surface area contributed by atoms with Gasteiger partial charge in [0.15, 0.2) is 12.7 Å². The van der Waals surface area contributed by atoms with Crippen molar-refractivity contribution in [3.8, 4) is 5.75 Å². The minimum Gasteiger partial charge on any atom is -0.479 e. The number of benzene rings is 1. The summed E-state index contributed by atoms with van der Waals surface area (Å²) in [5.74, 6) is 0.314. The molecule has 1 amide bonds. The number of hydrogen-bond acceptors (Lipinski definition) is 7. The molecule has 0 radical (unpaired) electrons. The Hall–Kier alpha value is -2.87. The lowest BCUT2D eigenvalue weighted by Gasteiger charge is -2.34. The van der Waals surface area contributed by atoms with Crippen LogP contribution in [0.15, 0.2) is 42.7 Å². The molecular formula is C19H21ClN4O4. The number of anilines is 1. The lowest BCUT2D eigenvalue weighted by molar-refractivity contribution is -0.157. The molecule has 1 atom stereocenters. The summed E-state index contributed by atoms with van der Waals surface area (Å²) in [4.78, 5) is 36.5. The van der Waals surface area contributed by atoms with Crippen molar-refractivity contribution in [3.05, 3.63) is 47.7 Å². The Bertz CT molecular complexity index is 795. The molecule has 2 aromatic rings. The van der Waals surface area contributed by atoms with Crippen LogP contribution in [0.25, 0.3) is 0 Å². The second-order valence-corrected chi connectivity index (χ2v) is 6.67. The first-order chi connectivity index (χ1) is 13.5. The Morgan fingerprint density at radius 1 is 1.11 bits per heavy atom. The van der Waals surface area contributed by atoms with Crippen molar-refractivity contribution in [2.24, 2.45) is 0 Å². The van der Waals surface area contributed by atoms with Gasteiger partial charge >= 0.3 is 5.97 Å². The molecule has 1 saturated heterocycles. The van der Waals surface area contributed by atoms with Crippen molar-refractivity contribution in [1.29, 1.82) is 0 Å². The number of halogens is 1. The second-order valence-electron chi connectivity index (χ2n) is 6.24. The van der Waals surface area contributed by atoms with Gasteiger partial charge in [-0.3, -0.25) is 4.79 Å². The van der Waals surface area contributed by atoms with E-state index in [9.17, 15) is 9.59 Å².